The smallest absolute Gasteiger partial charge is 0.343 e. The molecule has 0 radical (unpaired) electrons. The molecule has 3 aromatic rings. The SMILES string of the molecule is CCCCc1ccc(C#Cc2ccc(CN(Cc3ccc(OCC(=O)OC)cc3)C(=O)COCCOC)cc2)cc1. The number of ether oxygens (including phenoxy) is 4. The highest BCUT2D eigenvalue weighted by Crippen LogP contribution is 2.16. The van der Waals surface area contributed by atoms with E-state index in [2.05, 4.69) is 47.8 Å². The van der Waals surface area contributed by atoms with E-state index in [0.717, 1.165) is 28.7 Å². The third-order valence-corrected chi connectivity index (χ3v) is 6.34. The maximum absolute atomic E-state index is 13.1. The average molecular weight is 558 g/mol. The van der Waals surface area contributed by atoms with Crippen LogP contribution in [-0.4, -0.2) is 57.4 Å². The van der Waals surface area contributed by atoms with Gasteiger partial charge >= 0.3 is 5.97 Å². The van der Waals surface area contributed by atoms with Gasteiger partial charge in [-0.1, -0.05) is 61.6 Å². The number of hydrogen-bond acceptors (Lipinski definition) is 6. The number of esters is 1. The molecule has 0 unspecified atom stereocenters. The van der Waals surface area contributed by atoms with E-state index in [1.54, 1.807) is 24.1 Å². The van der Waals surface area contributed by atoms with Crippen molar-refractivity contribution in [1.82, 2.24) is 4.90 Å². The van der Waals surface area contributed by atoms with E-state index in [9.17, 15) is 9.59 Å². The molecule has 0 fully saturated rings. The predicted molar refractivity (Wildman–Crippen MR) is 158 cm³/mol. The minimum atomic E-state index is -0.451. The minimum absolute atomic E-state index is 0.0372. The number of rotatable bonds is 15. The number of benzene rings is 3. The monoisotopic (exact) mass is 557 g/mol. The summed E-state index contributed by atoms with van der Waals surface area (Å²) in [6.07, 6.45) is 3.48. The molecule has 0 bridgehead atoms. The van der Waals surface area contributed by atoms with Crippen molar-refractivity contribution in [3.8, 4) is 17.6 Å². The van der Waals surface area contributed by atoms with Crippen molar-refractivity contribution in [1.29, 1.82) is 0 Å². The molecule has 3 rings (SSSR count). The summed E-state index contributed by atoms with van der Waals surface area (Å²) in [5.74, 6) is 6.43. The van der Waals surface area contributed by atoms with Gasteiger partial charge in [-0.05, 0) is 65.9 Å². The third kappa shape index (κ3) is 11.5. The molecule has 0 spiro atoms. The molecule has 0 aromatic heterocycles. The minimum Gasteiger partial charge on any atom is -0.482 e. The first-order chi connectivity index (χ1) is 20.0. The fourth-order valence-electron chi connectivity index (χ4n) is 3.93. The molecule has 0 atom stereocenters. The first-order valence-corrected chi connectivity index (χ1v) is 13.8. The summed E-state index contributed by atoms with van der Waals surface area (Å²) in [6.45, 7) is 3.57. The Bertz CT molecular complexity index is 1270. The van der Waals surface area contributed by atoms with Crippen molar-refractivity contribution in [3.63, 3.8) is 0 Å². The molecule has 0 aliphatic rings. The zero-order valence-electron chi connectivity index (χ0n) is 24.2. The molecule has 0 aliphatic heterocycles. The molecule has 216 valence electrons. The van der Waals surface area contributed by atoms with Gasteiger partial charge in [0.1, 0.15) is 12.4 Å². The van der Waals surface area contributed by atoms with E-state index in [4.69, 9.17) is 14.2 Å². The number of carbonyl (C=O) groups excluding carboxylic acids is 2. The summed E-state index contributed by atoms with van der Waals surface area (Å²) in [5.41, 5.74) is 5.14. The van der Waals surface area contributed by atoms with Crippen molar-refractivity contribution in [2.45, 2.75) is 39.3 Å². The van der Waals surface area contributed by atoms with Gasteiger partial charge in [0.25, 0.3) is 0 Å². The van der Waals surface area contributed by atoms with Crippen LogP contribution in [0.15, 0.2) is 72.8 Å². The highest BCUT2D eigenvalue weighted by atomic mass is 16.6. The van der Waals surface area contributed by atoms with E-state index in [0.29, 0.717) is 32.1 Å². The topological polar surface area (TPSA) is 74.3 Å². The number of amides is 1. The van der Waals surface area contributed by atoms with Crippen LogP contribution < -0.4 is 4.74 Å². The largest absolute Gasteiger partial charge is 0.482 e. The van der Waals surface area contributed by atoms with Crippen LogP contribution in [0, 0.1) is 11.8 Å². The van der Waals surface area contributed by atoms with Crippen molar-refractivity contribution < 1.29 is 28.5 Å². The molecule has 0 aliphatic carbocycles. The maximum atomic E-state index is 13.1. The quantitative estimate of drug-likeness (QED) is 0.146. The molecule has 0 heterocycles. The Morgan fingerprint density at radius 3 is 1.83 bits per heavy atom. The molecule has 1 amide bonds. The second-order valence-corrected chi connectivity index (χ2v) is 9.55. The van der Waals surface area contributed by atoms with Crippen molar-refractivity contribution in [2.75, 3.05) is 40.6 Å². The van der Waals surface area contributed by atoms with Crippen molar-refractivity contribution in [2.24, 2.45) is 0 Å². The number of methoxy groups -OCH3 is 2. The zero-order valence-corrected chi connectivity index (χ0v) is 24.2. The van der Waals surface area contributed by atoms with E-state index >= 15 is 0 Å². The normalized spacial score (nSPS) is 10.4. The van der Waals surface area contributed by atoms with Crippen molar-refractivity contribution in [3.05, 3.63) is 101 Å². The number of unbranched alkanes of at least 4 members (excludes halogenated alkanes) is 1. The summed E-state index contributed by atoms with van der Waals surface area (Å²) in [4.78, 5) is 26.1. The van der Waals surface area contributed by atoms with Gasteiger partial charge in [-0.2, -0.15) is 0 Å². The summed E-state index contributed by atoms with van der Waals surface area (Å²) < 4.78 is 20.5. The first kappa shape index (κ1) is 31.4. The van der Waals surface area contributed by atoms with E-state index < -0.39 is 5.97 Å². The van der Waals surface area contributed by atoms with Crippen LogP contribution in [0.1, 0.15) is 47.6 Å². The standard InChI is InChI=1S/C34H39NO6/c1-4-5-6-27-7-9-28(10-8-27)11-12-29-13-15-30(16-14-29)23-35(33(36)25-40-22-21-38-2)24-31-17-19-32(20-18-31)41-26-34(37)39-3/h7-10,13-20H,4-6,21-26H2,1-3H3. The number of carbonyl (C=O) groups is 2. The fourth-order valence-corrected chi connectivity index (χ4v) is 3.93. The zero-order chi connectivity index (χ0) is 29.3. The molecular formula is C34H39NO6. The van der Waals surface area contributed by atoms with Crippen LogP contribution in [0.2, 0.25) is 0 Å². The Hall–Kier alpha value is -4.12. The highest BCUT2D eigenvalue weighted by Gasteiger charge is 2.15. The van der Waals surface area contributed by atoms with Gasteiger partial charge in [-0.3, -0.25) is 4.79 Å². The Morgan fingerprint density at radius 1 is 0.732 bits per heavy atom. The Labute approximate surface area is 243 Å². The lowest BCUT2D eigenvalue weighted by atomic mass is 10.1. The second-order valence-electron chi connectivity index (χ2n) is 9.55. The molecule has 41 heavy (non-hydrogen) atoms. The second kappa shape index (κ2) is 17.5. The molecule has 7 heteroatoms. The fraction of sp³-hybridized carbons (Fsp3) is 0.353. The Balaban J connectivity index is 1.64. The molecule has 7 nitrogen and oxygen atoms in total. The van der Waals surface area contributed by atoms with E-state index in [1.807, 2.05) is 36.4 Å². The molecule has 0 N–H and O–H groups in total. The number of hydrogen-bond donors (Lipinski definition) is 0. The number of nitrogens with zero attached hydrogens (tertiary/aromatic N) is 1. The van der Waals surface area contributed by atoms with Gasteiger partial charge in [-0.15, -0.1) is 0 Å². The molecule has 0 saturated heterocycles. The average Bonchev–Trinajstić information content (AvgIpc) is 3.01. The highest BCUT2D eigenvalue weighted by molar-refractivity contribution is 5.77. The maximum Gasteiger partial charge on any atom is 0.343 e. The number of aryl methyl sites for hydroxylation is 1. The predicted octanol–water partition coefficient (Wildman–Crippen LogP) is 5.17. The van der Waals surface area contributed by atoms with Crippen molar-refractivity contribution >= 4 is 11.9 Å². The van der Waals surface area contributed by atoms with Crippen LogP contribution in [0.3, 0.4) is 0 Å². The van der Waals surface area contributed by atoms with Crippen LogP contribution in [0.25, 0.3) is 0 Å². The molecular weight excluding hydrogens is 518 g/mol. The molecule has 3 aromatic carbocycles. The van der Waals surface area contributed by atoms with Crippen LogP contribution in [-0.2, 0) is 43.3 Å². The van der Waals surface area contributed by atoms with E-state index in [1.165, 1.54) is 25.5 Å². The summed E-state index contributed by atoms with van der Waals surface area (Å²) in [6, 6.07) is 23.6. The molecule has 0 saturated carbocycles. The van der Waals surface area contributed by atoms with E-state index in [-0.39, 0.29) is 19.1 Å². The first-order valence-electron chi connectivity index (χ1n) is 13.8. The van der Waals surface area contributed by atoms with Gasteiger partial charge in [0, 0.05) is 31.3 Å². The third-order valence-electron chi connectivity index (χ3n) is 6.34. The van der Waals surface area contributed by atoms with Gasteiger partial charge in [0.2, 0.25) is 5.91 Å². The Kier molecular flexibility index (Phi) is 13.4. The lowest BCUT2D eigenvalue weighted by Gasteiger charge is -2.23. The summed E-state index contributed by atoms with van der Waals surface area (Å²) >= 11 is 0. The van der Waals surface area contributed by atoms with Crippen LogP contribution >= 0.6 is 0 Å². The van der Waals surface area contributed by atoms with Gasteiger partial charge in [0.05, 0.1) is 20.3 Å². The van der Waals surface area contributed by atoms with Gasteiger partial charge in [0.15, 0.2) is 6.61 Å². The summed E-state index contributed by atoms with van der Waals surface area (Å²) in [7, 11) is 2.91. The lowest BCUT2D eigenvalue weighted by molar-refractivity contribution is -0.143. The summed E-state index contributed by atoms with van der Waals surface area (Å²) in [5, 5.41) is 0. The van der Waals surface area contributed by atoms with Crippen LogP contribution in [0.4, 0.5) is 0 Å². The Morgan fingerprint density at radius 2 is 1.29 bits per heavy atom. The lowest BCUT2D eigenvalue weighted by Crippen LogP contribution is -2.33. The van der Waals surface area contributed by atoms with Gasteiger partial charge in [-0.25, -0.2) is 4.79 Å². The van der Waals surface area contributed by atoms with Crippen LogP contribution in [0.5, 0.6) is 5.75 Å². The van der Waals surface area contributed by atoms with Gasteiger partial charge < -0.3 is 23.8 Å².